The van der Waals surface area contributed by atoms with Crippen molar-refractivity contribution in [2.45, 2.75) is 63.8 Å². The number of nitrogens with one attached hydrogen (secondary N) is 2. The van der Waals surface area contributed by atoms with E-state index in [1.54, 1.807) is 11.3 Å². The number of nitrogens with zero attached hydrogens (tertiary/aromatic N) is 2. The van der Waals surface area contributed by atoms with E-state index in [-0.39, 0.29) is 17.9 Å². The third-order valence-corrected chi connectivity index (χ3v) is 6.02. The van der Waals surface area contributed by atoms with E-state index < -0.39 is 0 Å². The topological polar surface area (TPSA) is 77.8 Å². The fourth-order valence-electron chi connectivity index (χ4n) is 3.31. The second-order valence-electron chi connectivity index (χ2n) is 6.41. The quantitative estimate of drug-likeness (QED) is 0.659. The second-order valence-corrected chi connectivity index (χ2v) is 7.44. The van der Waals surface area contributed by atoms with Gasteiger partial charge in [0.25, 0.3) is 0 Å². The highest BCUT2D eigenvalue weighted by Crippen LogP contribution is 2.38. The lowest BCUT2D eigenvalue weighted by Crippen LogP contribution is -2.44. The molecule has 0 bridgehead atoms. The summed E-state index contributed by atoms with van der Waals surface area (Å²) in [6.45, 7) is 1.97. The van der Waals surface area contributed by atoms with E-state index in [0.29, 0.717) is 5.92 Å². The molecule has 1 amide bonds. The molecule has 2 fully saturated rings. The highest BCUT2D eigenvalue weighted by atomic mass is 32.1. The molecule has 22 heavy (non-hydrogen) atoms. The Morgan fingerprint density at radius 3 is 2.73 bits per heavy atom. The van der Waals surface area contributed by atoms with Crippen molar-refractivity contribution in [2.24, 2.45) is 5.92 Å². The van der Waals surface area contributed by atoms with Crippen LogP contribution in [0.1, 0.15) is 61.6 Å². The van der Waals surface area contributed by atoms with Crippen LogP contribution >= 0.6 is 11.3 Å². The maximum absolute atomic E-state index is 12.2. The average Bonchev–Trinajstić information content (AvgIpc) is 2.84. The first-order valence-corrected chi connectivity index (χ1v) is 8.92. The van der Waals surface area contributed by atoms with E-state index in [2.05, 4.69) is 15.6 Å². The molecule has 3 rings (SSSR count). The molecule has 6 heteroatoms. The van der Waals surface area contributed by atoms with Crippen LogP contribution in [0.3, 0.4) is 0 Å². The van der Waals surface area contributed by atoms with Crippen molar-refractivity contribution < 1.29 is 4.79 Å². The van der Waals surface area contributed by atoms with Crippen molar-refractivity contribution >= 4 is 22.2 Å². The van der Waals surface area contributed by atoms with Gasteiger partial charge < -0.3 is 10.6 Å². The number of hydrogen-bond acceptors (Lipinski definition) is 5. The van der Waals surface area contributed by atoms with Gasteiger partial charge in [0.1, 0.15) is 5.00 Å². The third-order valence-electron chi connectivity index (χ3n) is 4.78. The number of aromatic nitrogens is 1. The fourth-order valence-corrected chi connectivity index (χ4v) is 4.45. The van der Waals surface area contributed by atoms with Gasteiger partial charge in [0.15, 0.2) is 6.19 Å². The number of aryl methyl sites for hydroxylation is 1. The molecule has 0 aliphatic heterocycles. The van der Waals surface area contributed by atoms with Crippen LogP contribution in [0.25, 0.3) is 0 Å². The number of rotatable bonds is 4. The summed E-state index contributed by atoms with van der Waals surface area (Å²) in [5.41, 5.74) is 0.935. The van der Waals surface area contributed by atoms with Crippen LogP contribution in [-0.2, 0) is 4.79 Å². The highest BCUT2D eigenvalue weighted by molar-refractivity contribution is 7.16. The van der Waals surface area contributed by atoms with Gasteiger partial charge in [-0.1, -0.05) is 19.3 Å². The van der Waals surface area contributed by atoms with Crippen molar-refractivity contribution in [3.8, 4) is 6.19 Å². The molecule has 1 heterocycles. The van der Waals surface area contributed by atoms with Crippen LogP contribution in [0, 0.1) is 24.3 Å². The number of carbonyl (C=O) groups is 1. The van der Waals surface area contributed by atoms with E-state index in [4.69, 9.17) is 5.26 Å². The molecule has 2 aliphatic carbocycles. The van der Waals surface area contributed by atoms with Gasteiger partial charge in [-0.2, -0.15) is 5.26 Å². The Kier molecular flexibility index (Phi) is 4.63. The molecule has 0 unspecified atom stereocenters. The van der Waals surface area contributed by atoms with Crippen LogP contribution in [0.2, 0.25) is 0 Å². The molecule has 2 N–H and O–H groups in total. The highest BCUT2D eigenvalue weighted by Gasteiger charge is 2.35. The Labute approximate surface area is 135 Å². The monoisotopic (exact) mass is 318 g/mol. The van der Waals surface area contributed by atoms with E-state index in [0.717, 1.165) is 23.5 Å². The molecule has 2 aliphatic rings. The van der Waals surface area contributed by atoms with Crippen molar-refractivity contribution in [3.63, 3.8) is 0 Å². The molecule has 5 nitrogen and oxygen atoms in total. The van der Waals surface area contributed by atoms with Crippen LogP contribution in [0.4, 0.5) is 5.00 Å². The predicted molar refractivity (Wildman–Crippen MR) is 86.6 cm³/mol. The zero-order chi connectivity index (χ0) is 15.5. The summed E-state index contributed by atoms with van der Waals surface area (Å²) >= 11 is 1.65. The lowest BCUT2D eigenvalue weighted by molar-refractivity contribution is -0.122. The standard InChI is InChI=1S/C16H22N4OS/c1-10-15(20-14(21)12-7-13(8-12)18-9-17)22-16(19-10)11-5-3-2-4-6-11/h11-13,18H,2-8H2,1H3,(H,20,21). The zero-order valence-corrected chi connectivity index (χ0v) is 13.7. The number of anilines is 1. The summed E-state index contributed by atoms with van der Waals surface area (Å²) in [5, 5.41) is 16.4. The first kappa shape index (κ1) is 15.3. The lowest BCUT2D eigenvalue weighted by Gasteiger charge is -2.32. The average molecular weight is 318 g/mol. The number of carbonyl (C=O) groups excluding carboxylic acids is 1. The second kappa shape index (κ2) is 6.66. The summed E-state index contributed by atoms with van der Waals surface area (Å²) in [6.07, 6.45) is 9.80. The van der Waals surface area contributed by atoms with Crippen LogP contribution in [0.5, 0.6) is 0 Å². The molecule has 1 aromatic rings. The van der Waals surface area contributed by atoms with Crippen molar-refractivity contribution in [3.05, 3.63) is 10.7 Å². The molecule has 0 saturated heterocycles. The van der Waals surface area contributed by atoms with Crippen LogP contribution in [0.15, 0.2) is 0 Å². The number of amides is 1. The lowest BCUT2D eigenvalue weighted by atomic mass is 9.80. The van der Waals surface area contributed by atoms with E-state index in [1.807, 2.05) is 13.1 Å². The van der Waals surface area contributed by atoms with Gasteiger partial charge in [-0.3, -0.25) is 4.79 Å². The molecular formula is C16H22N4OS. The fraction of sp³-hybridized carbons (Fsp3) is 0.688. The minimum absolute atomic E-state index is 0.0190. The largest absolute Gasteiger partial charge is 0.321 e. The summed E-state index contributed by atoms with van der Waals surface area (Å²) in [7, 11) is 0. The Bertz CT molecular complexity index is 579. The maximum Gasteiger partial charge on any atom is 0.228 e. The summed E-state index contributed by atoms with van der Waals surface area (Å²) < 4.78 is 0. The number of hydrogen-bond donors (Lipinski definition) is 2. The number of thiazole rings is 1. The van der Waals surface area contributed by atoms with Gasteiger partial charge in [0.2, 0.25) is 5.91 Å². The van der Waals surface area contributed by atoms with Crippen molar-refractivity contribution in [1.82, 2.24) is 10.3 Å². The molecule has 1 aromatic heterocycles. The van der Waals surface area contributed by atoms with E-state index in [1.165, 1.54) is 37.1 Å². The molecule has 2 saturated carbocycles. The van der Waals surface area contributed by atoms with Gasteiger partial charge in [-0.25, -0.2) is 4.98 Å². The summed E-state index contributed by atoms with van der Waals surface area (Å²) in [6, 6.07) is 0.168. The minimum Gasteiger partial charge on any atom is -0.321 e. The maximum atomic E-state index is 12.2. The van der Waals surface area contributed by atoms with E-state index >= 15 is 0 Å². The predicted octanol–water partition coefficient (Wildman–Crippen LogP) is 3.29. The molecule has 0 atom stereocenters. The third kappa shape index (κ3) is 3.25. The van der Waals surface area contributed by atoms with Gasteiger partial charge in [-0.15, -0.1) is 11.3 Å². The van der Waals surface area contributed by atoms with Crippen molar-refractivity contribution in [1.29, 1.82) is 5.26 Å². The normalized spacial score (nSPS) is 25.1. The summed E-state index contributed by atoms with van der Waals surface area (Å²) in [5.74, 6) is 0.666. The molecule has 0 radical (unpaired) electrons. The smallest absolute Gasteiger partial charge is 0.228 e. The summed E-state index contributed by atoms with van der Waals surface area (Å²) in [4.78, 5) is 16.9. The van der Waals surface area contributed by atoms with Crippen molar-refractivity contribution in [2.75, 3.05) is 5.32 Å². The first-order valence-electron chi connectivity index (χ1n) is 8.10. The molecule has 118 valence electrons. The Balaban J connectivity index is 1.57. The Morgan fingerprint density at radius 1 is 1.32 bits per heavy atom. The Morgan fingerprint density at radius 2 is 2.05 bits per heavy atom. The molecule has 0 aromatic carbocycles. The van der Waals surface area contributed by atoms with Crippen LogP contribution in [-0.4, -0.2) is 16.9 Å². The van der Waals surface area contributed by atoms with E-state index in [9.17, 15) is 4.79 Å². The van der Waals surface area contributed by atoms with Crippen LogP contribution < -0.4 is 10.6 Å². The molecular weight excluding hydrogens is 296 g/mol. The number of nitriles is 1. The molecule has 0 spiro atoms. The minimum atomic E-state index is 0.0190. The van der Waals surface area contributed by atoms with Gasteiger partial charge in [0, 0.05) is 17.9 Å². The first-order chi connectivity index (χ1) is 10.7. The SMILES string of the molecule is Cc1nc(C2CCCCC2)sc1NC(=O)C1CC(NC#N)C1. The Hall–Kier alpha value is -1.61. The van der Waals surface area contributed by atoms with Gasteiger partial charge >= 0.3 is 0 Å². The zero-order valence-electron chi connectivity index (χ0n) is 12.9. The van der Waals surface area contributed by atoms with Gasteiger partial charge in [-0.05, 0) is 32.6 Å². The van der Waals surface area contributed by atoms with Gasteiger partial charge in [0.05, 0.1) is 10.7 Å².